The SMILES string of the molecule is CCCCC/C=N/NC(=O)c1ccc[n+](C)c1. The number of nitrogens with zero attached hydrogens (tertiary/aromatic N) is 2. The van der Waals surface area contributed by atoms with Gasteiger partial charge in [-0.1, -0.05) is 19.8 Å². The van der Waals surface area contributed by atoms with Crippen molar-refractivity contribution in [3.05, 3.63) is 30.1 Å². The van der Waals surface area contributed by atoms with Crippen LogP contribution in [-0.2, 0) is 7.05 Å². The summed E-state index contributed by atoms with van der Waals surface area (Å²) in [5.74, 6) is -0.173. The quantitative estimate of drug-likeness (QED) is 0.347. The van der Waals surface area contributed by atoms with Crippen LogP contribution in [0.1, 0.15) is 43.0 Å². The predicted molar refractivity (Wildman–Crippen MR) is 67.7 cm³/mol. The number of rotatable bonds is 6. The van der Waals surface area contributed by atoms with E-state index in [1.165, 1.54) is 12.8 Å². The number of aryl methyl sites for hydroxylation is 1. The van der Waals surface area contributed by atoms with Crippen LogP contribution in [0.5, 0.6) is 0 Å². The molecule has 1 amide bonds. The summed E-state index contributed by atoms with van der Waals surface area (Å²) in [6.07, 6.45) is 9.84. The van der Waals surface area contributed by atoms with Gasteiger partial charge in [0.05, 0.1) is 0 Å². The van der Waals surface area contributed by atoms with E-state index in [1.807, 2.05) is 23.9 Å². The fourth-order valence-corrected chi connectivity index (χ4v) is 1.44. The summed E-state index contributed by atoms with van der Waals surface area (Å²) in [4.78, 5) is 11.6. The molecule has 0 radical (unpaired) electrons. The number of unbranched alkanes of at least 4 members (excludes halogenated alkanes) is 3. The van der Waals surface area contributed by atoms with Crippen LogP contribution < -0.4 is 9.99 Å². The van der Waals surface area contributed by atoms with Crippen molar-refractivity contribution in [2.24, 2.45) is 12.1 Å². The summed E-state index contributed by atoms with van der Waals surface area (Å²) >= 11 is 0. The Morgan fingerprint density at radius 1 is 1.53 bits per heavy atom. The summed E-state index contributed by atoms with van der Waals surface area (Å²) in [7, 11) is 1.88. The maximum atomic E-state index is 11.6. The molecule has 0 saturated carbocycles. The van der Waals surface area contributed by atoms with Gasteiger partial charge in [-0.05, 0) is 18.9 Å². The van der Waals surface area contributed by atoms with Gasteiger partial charge in [0.2, 0.25) is 0 Å². The number of pyridine rings is 1. The minimum atomic E-state index is -0.173. The van der Waals surface area contributed by atoms with E-state index in [4.69, 9.17) is 0 Å². The molecule has 0 spiro atoms. The highest BCUT2D eigenvalue weighted by atomic mass is 16.2. The molecule has 0 aliphatic carbocycles. The molecule has 1 heterocycles. The first kappa shape index (κ1) is 13.4. The Morgan fingerprint density at radius 3 is 3.06 bits per heavy atom. The summed E-state index contributed by atoms with van der Waals surface area (Å²) < 4.78 is 1.83. The fourth-order valence-electron chi connectivity index (χ4n) is 1.44. The Kier molecular flexibility index (Phi) is 5.93. The molecule has 4 heteroatoms. The minimum Gasteiger partial charge on any atom is -0.267 e. The number of nitrogens with one attached hydrogen (secondary N) is 1. The van der Waals surface area contributed by atoms with Crippen molar-refractivity contribution in [1.82, 2.24) is 5.43 Å². The molecule has 1 aromatic rings. The monoisotopic (exact) mass is 234 g/mol. The molecule has 1 aromatic heterocycles. The first-order valence-corrected chi connectivity index (χ1v) is 6.01. The lowest BCUT2D eigenvalue weighted by Gasteiger charge is -1.97. The number of hydrogen-bond acceptors (Lipinski definition) is 2. The second-order valence-electron chi connectivity index (χ2n) is 4.01. The molecule has 0 saturated heterocycles. The van der Waals surface area contributed by atoms with Crippen LogP contribution in [0.4, 0.5) is 0 Å². The molecule has 17 heavy (non-hydrogen) atoms. The predicted octanol–water partition coefficient (Wildman–Crippen LogP) is 1.81. The van der Waals surface area contributed by atoms with Gasteiger partial charge in [0.25, 0.3) is 5.91 Å². The average molecular weight is 234 g/mol. The van der Waals surface area contributed by atoms with Crippen molar-refractivity contribution in [2.45, 2.75) is 32.6 Å². The Morgan fingerprint density at radius 2 is 2.35 bits per heavy atom. The highest BCUT2D eigenvalue weighted by Gasteiger charge is 2.06. The Labute approximate surface area is 102 Å². The Bertz CT molecular complexity index is 388. The number of amides is 1. The van der Waals surface area contributed by atoms with E-state index in [9.17, 15) is 4.79 Å². The lowest BCUT2D eigenvalue weighted by molar-refractivity contribution is -0.671. The maximum absolute atomic E-state index is 11.6. The fraction of sp³-hybridized carbons (Fsp3) is 0.462. The van der Waals surface area contributed by atoms with Crippen molar-refractivity contribution < 1.29 is 9.36 Å². The van der Waals surface area contributed by atoms with Gasteiger partial charge in [0, 0.05) is 12.3 Å². The van der Waals surface area contributed by atoms with E-state index in [0.717, 1.165) is 12.8 Å². The lowest BCUT2D eigenvalue weighted by Crippen LogP contribution is -2.29. The normalized spacial score (nSPS) is 10.7. The van der Waals surface area contributed by atoms with Crippen molar-refractivity contribution >= 4 is 12.1 Å². The number of carbonyl (C=O) groups is 1. The summed E-state index contributed by atoms with van der Waals surface area (Å²) in [6.45, 7) is 2.16. The van der Waals surface area contributed by atoms with Crippen LogP contribution in [0.25, 0.3) is 0 Å². The summed E-state index contributed by atoms with van der Waals surface area (Å²) in [5, 5.41) is 3.92. The van der Waals surface area contributed by atoms with Gasteiger partial charge in [0.1, 0.15) is 12.6 Å². The zero-order valence-corrected chi connectivity index (χ0v) is 10.5. The average Bonchev–Trinajstić information content (AvgIpc) is 2.33. The molecule has 0 aromatic carbocycles. The standard InChI is InChI=1S/C13H19N3O/c1-3-4-5-6-9-14-15-13(17)12-8-7-10-16(2)11-12/h7-11H,3-6H2,1-2H3/p+1/b14-9+. The lowest BCUT2D eigenvalue weighted by atomic mass is 10.2. The molecule has 0 bridgehead atoms. The van der Waals surface area contributed by atoms with Gasteiger partial charge in [-0.25, -0.2) is 9.99 Å². The third kappa shape index (κ3) is 5.24. The number of hydrazone groups is 1. The van der Waals surface area contributed by atoms with Crippen molar-refractivity contribution in [3.8, 4) is 0 Å². The third-order valence-corrected chi connectivity index (χ3v) is 2.40. The van der Waals surface area contributed by atoms with Gasteiger partial charge in [0.15, 0.2) is 12.4 Å². The topological polar surface area (TPSA) is 45.3 Å². The first-order valence-electron chi connectivity index (χ1n) is 6.01. The zero-order chi connectivity index (χ0) is 12.5. The van der Waals surface area contributed by atoms with E-state index >= 15 is 0 Å². The number of aromatic nitrogens is 1. The van der Waals surface area contributed by atoms with Crippen molar-refractivity contribution in [2.75, 3.05) is 0 Å². The van der Waals surface area contributed by atoms with E-state index in [-0.39, 0.29) is 5.91 Å². The molecule has 0 fully saturated rings. The van der Waals surface area contributed by atoms with Crippen molar-refractivity contribution in [1.29, 1.82) is 0 Å². The molecule has 1 rings (SSSR count). The molecular formula is C13H20N3O+. The van der Waals surface area contributed by atoms with Gasteiger partial charge >= 0.3 is 0 Å². The zero-order valence-electron chi connectivity index (χ0n) is 10.5. The van der Waals surface area contributed by atoms with Crippen LogP contribution >= 0.6 is 0 Å². The highest BCUT2D eigenvalue weighted by molar-refractivity contribution is 5.93. The number of carbonyl (C=O) groups excluding carboxylic acids is 1. The van der Waals surface area contributed by atoms with Gasteiger partial charge in [-0.2, -0.15) is 5.10 Å². The third-order valence-electron chi connectivity index (χ3n) is 2.40. The van der Waals surface area contributed by atoms with E-state index in [2.05, 4.69) is 17.5 Å². The Balaban J connectivity index is 2.34. The molecule has 1 N–H and O–H groups in total. The minimum absolute atomic E-state index is 0.173. The molecule has 0 aliphatic heterocycles. The smallest absolute Gasteiger partial charge is 0.267 e. The van der Waals surface area contributed by atoms with Gasteiger partial charge < -0.3 is 0 Å². The van der Waals surface area contributed by atoms with Crippen LogP contribution in [0.2, 0.25) is 0 Å². The largest absolute Gasteiger partial charge is 0.277 e. The van der Waals surface area contributed by atoms with E-state index in [1.54, 1.807) is 18.5 Å². The second-order valence-corrected chi connectivity index (χ2v) is 4.01. The van der Waals surface area contributed by atoms with Gasteiger partial charge in [-0.15, -0.1) is 0 Å². The van der Waals surface area contributed by atoms with E-state index < -0.39 is 0 Å². The summed E-state index contributed by atoms with van der Waals surface area (Å²) in [6, 6.07) is 3.60. The summed E-state index contributed by atoms with van der Waals surface area (Å²) in [5.41, 5.74) is 3.13. The van der Waals surface area contributed by atoms with Crippen LogP contribution in [0.3, 0.4) is 0 Å². The number of hydrogen-bond donors (Lipinski definition) is 1. The van der Waals surface area contributed by atoms with Crippen molar-refractivity contribution in [3.63, 3.8) is 0 Å². The Hall–Kier alpha value is -1.71. The molecule has 0 atom stereocenters. The first-order chi connectivity index (χ1) is 8.24. The molecule has 4 nitrogen and oxygen atoms in total. The highest BCUT2D eigenvalue weighted by Crippen LogP contribution is 1.96. The van der Waals surface area contributed by atoms with Crippen LogP contribution in [0.15, 0.2) is 29.6 Å². The maximum Gasteiger partial charge on any atom is 0.277 e. The second kappa shape index (κ2) is 7.54. The molecule has 0 aliphatic rings. The molecular weight excluding hydrogens is 214 g/mol. The van der Waals surface area contributed by atoms with Crippen LogP contribution in [-0.4, -0.2) is 12.1 Å². The molecule has 92 valence electrons. The van der Waals surface area contributed by atoms with Gasteiger partial charge in [-0.3, -0.25) is 4.79 Å². The van der Waals surface area contributed by atoms with Crippen LogP contribution in [0, 0.1) is 0 Å². The molecule has 0 unspecified atom stereocenters. The van der Waals surface area contributed by atoms with E-state index in [0.29, 0.717) is 5.56 Å².